The highest BCUT2D eigenvalue weighted by Gasteiger charge is 2.55. The third-order valence-electron chi connectivity index (χ3n) is 5.95. The van der Waals surface area contributed by atoms with Crippen LogP contribution in [0.5, 0.6) is 0 Å². The van der Waals surface area contributed by atoms with Crippen LogP contribution in [-0.4, -0.2) is 48.1 Å². The zero-order valence-electron chi connectivity index (χ0n) is 13.4. The zero-order valence-corrected chi connectivity index (χ0v) is 13.4. The second kappa shape index (κ2) is 5.69. The van der Waals surface area contributed by atoms with Gasteiger partial charge < -0.3 is 15.0 Å². The lowest BCUT2D eigenvalue weighted by Gasteiger charge is -2.34. The third kappa shape index (κ3) is 2.67. The van der Waals surface area contributed by atoms with E-state index in [4.69, 9.17) is 4.74 Å². The van der Waals surface area contributed by atoms with Gasteiger partial charge in [-0.05, 0) is 51.0 Å². The van der Waals surface area contributed by atoms with Crippen LogP contribution < -0.4 is 5.32 Å². The first-order valence-electron chi connectivity index (χ1n) is 8.30. The van der Waals surface area contributed by atoms with Gasteiger partial charge in [-0.25, -0.2) is 0 Å². The first kappa shape index (κ1) is 15.5. The second-order valence-electron chi connectivity index (χ2n) is 7.14. The Morgan fingerprint density at radius 2 is 1.86 bits per heavy atom. The van der Waals surface area contributed by atoms with Crippen molar-refractivity contribution >= 4 is 11.8 Å². The lowest BCUT2D eigenvalue weighted by Crippen LogP contribution is -2.50. The molecule has 2 bridgehead atoms. The summed E-state index contributed by atoms with van der Waals surface area (Å²) in [6.45, 7) is 4.82. The van der Waals surface area contributed by atoms with Crippen LogP contribution in [0.15, 0.2) is 12.7 Å². The molecule has 1 N–H and O–H groups in total. The van der Waals surface area contributed by atoms with Gasteiger partial charge in [-0.3, -0.25) is 9.59 Å². The van der Waals surface area contributed by atoms with Crippen molar-refractivity contribution in [3.8, 4) is 0 Å². The summed E-state index contributed by atoms with van der Waals surface area (Å²) in [5.41, 5.74) is -0.0335. The van der Waals surface area contributed by atoms with Crippen LogP contribution in [0.3, 0.4) is 0 Å². The van der Waals surface area contributed by atoms with Gasteiger partial charge in [0.2, 0.25) is 11.8 Å². The molecule has 2 amide bonds. The standard InChI is InChI=1S/C17H26N2O3/c1-3-14(20)19-10-4-13(5-11-19)15(21)18-16-6-8-17(12-16,22-2)9-7-16/h3,13H,1,4-12H2,2H3,(H,18,21). The van der Waals surface area contributed by atoms with Gasteiger partial charge in [0, 0.05) is 31.7 Å². The molecule has 0 unspecified atom stereocenters. The van der Waals surface area contributed by atoms with Gasteiger partial charge in [-0.15, -0.1) is 0 Å². The maximum Gasteiger partial charge on any atom is 0.245 e. The van der Waals surface area contributed by atoms with Crippen molar-refractivity contribution < 1.29 is 14.3 Å². The van der Waals surface area contributed by atoms with Crippen molar-refractivity contribution in [3.63, 3.8) is 0 Å². The monoisotopic (exact) mass is 306 g/mol. The lowest BCUT2D eigenvalue weighted by molar-refractivity contribution is -0.133. The van der Waals surface area contributed by atoms with Crippen LogP contribution in [0, 0.1) is 5.92 Å². The molecule has 5 heteroatoms. The minimum absolute atomic E-state index is 0.00697. The topological polar surface area (TPSA) is 58.6 Å². The first-order chi connectivity index (χ1) is 10.5. The number of hydrogen-bond donors (Lipinski definition) is 1. The van der Waals surface area contributed by atoms with Crippen LogP contribution >= 0.6 is 0 Å². The smallest absolute Gasteiger partial charge is 0.245 e. The predicted octanol–water partition coefficient (Wildman–Crippen LogP) is 1.63. The van der Waals surface area contributed by atoms with Gasteiger partial charge in [0.1, 0.15) is 0 Å². The molecule has 0 atom stereocenters. The lowest BCUT2D eigenvalue weighted by atomic mass is 9.90. The Morgan fingerprint density at radius 1 is 1.23 bits per heavy atom. The van der Waals surface area contributed by atoms with Gasteiger partial charge in [-0.2, -0.15) is 0 Å². The summed E-state index contributed by atoms with van der Waals surface area (Å²) in [4.78, 5) is 26.0. The number of piperidine rings is 1. The Labute approximate surface area is 132 Å². The quantitative estimate of drug-likeness (QED) is 0.803. The van der Waals surface area contributed by atoms with E-state index in [1.165, 1.54) is 6.08 Å². The molecule has 0 aromatic heterocycles. The van der Waals surface area contributed by atoms with E-state index in [0.717, 1.165) is 44.9 Å². The first-order valence-corrected chi connectivity index (χ1v) is 8.30. The Hall–Kier alpha value is -1.36. The molecule has 3 fully saturated rings. The summed E-state index contributed by atoms with van der Waals surface area (Å²) in [7, 11) is 1.79. The van der Waals surface area contributed by atoms with Gasteiger partial charge in [0.25, 0.3) is 0 Å². The Bertz CT molecular complexity index is 472. The van der Waals surface area contributed by atoms with Crippen molar-refractivity contribution in [1.29, 1.82) is 0 Å². The Balaban J connectivity index is 1.54. The number of methoxy groups -OCH3 is 1. The van der Waals surface area contributed by atoms with Crippen LogP contribution in [0.25, 0.3) is 0 Å². The molecule has 1 saturated heterocycles. The largest absolute Gasteiger partial charge is 0.378 e. The zero-order chi connectivity index (χ0) is 15.8. The minimum Gasteiger partial charge on any atom is -0.378 e. The summed E-state index contributed by atoms with van der Waals surface area (Å²) in [5, 5.41) is 3.33. The fourth-order valence-corrected chi connectivity index (χ4v) is 4.45. The van der Waals surface area contributed by atoms with Gasteiger partial charge >= 0.3 is 0 Å². The fraction of sp³-hybridized carbons (Fsp3) is 0.765. The number of likely N-dealkylation sites (tertiary alicyclic amines) is 1. The van der Waals surface area contributed by atoms with Gasteiger partial charge in [0.05, 0.1) is 5.60 Å². The summed E-state index contributed by atoms with van der Waals surface area (Å²) >= 11 is 0. The predicted molar refractivity (Wildman–Crippen MR) is 83.2 cm³/mol. The molecule has 22 heavy (non-hydrogen) atoms. The summed E-state index contributed by atoms with van der Waals surface area (Å²) in [5.74, 6) is 0.162. The van der Waals surface area contributed by atoms with Crippen molar-refractivity contribution in [2.45, 2.75) is 56.1 Å². The number of ether oxygens (including phenoxy) is 1. The highest BCUT2D eigenvalue weighted by molar-refractivity contribution is 5.87. The molecule has 3 aliphatic rings. The Kier molecular flexibility index (Phi) is 4.02. The number of hydrogen-bond acceptors (Lipinski definition) is 3. The summed E-state index contributed by atoms with van der Waals surface area (Å²) < 4.78 is 5.69. The van der Waals surface area contributed by atoms with E-state index in [-0.39, 0.29) is 28.9 Å². The molecule has 5 nitrogen and oxygen atoms in total. The normalized spacial score (nSPS) is 34.7. The van der Waals surface area contributed by atoms with Crippen molar-refractivity contribution in [3.05, 3.63) is 12.7 Å². The number of amides is 2. The number of carbonyl (C=O) groups excluding carboxylic acids is 2. The second-order valence-corrected chi connectivity index (χ2v) is 7.14. The van der Waals surface area contributed by atoms with E-state index < -0.39 is 0 Å². The van der Waals surface area contributed by atoms with E-state index in [1.54, 1.807) is 12.0 Å². The molecule has 2 saturated carbocycles. The molecule has 0 aromatic carbocycles. The molecule has 1 aliphatic heterocycles. The van der Waals surface area contributed by atoms with Crippen LogP contribution in [-0.2, 0) is 14.3 Å². The number of carbonyl (C=O) groups is 2. The van der Waals surface area contributed by atoms with E-state index in [0.29, 0.717) is 13.1 Å². The average molecular weight is 306 g/mol. The number of rotatable bonds is 4. The molecule has 2 aliphatic carbocycles. The highest BCUT2D eigenvalue weighted by Crippen LogP contribution is 2.52. The van der Waals surface area contributed by atoms with Crippen molar-refractivity contribution in [2.75, 3.05) is 20.2 Å². The molecule has 122 valence electrons. The van der Waals surface area contributed by atoms with E-state index in [9.17, 15) is 9.59 Å². The SMILES string of the molecule is C=CC(=O)N1CCC(C(=O)NC23CCC(OC)(CC2)C3)CC1. The number of nitrogens with one attached hydrogen (secondary N) is 1. The van der Waals surface area contributed by atoms with Crippen LogP contribution in [0.4, 0.5) is 0 Å². The maximum absolute atomic E-state index is 12.6. The van der Waals surface area contributed by atoms with E-state index in [2.05, 4.69) is 11.9 Å². The van der Waals surface area contributed by atoms with Crippen LogP contribution in [0.2, 0.25) is 0 Å². The molecular weight excluding hydrogens is 280 g/mol. The number of fused-ring (bicyclic) bond motifs is 2. The van der Waals surface area contributed by atoms with Crippen molar-refractivity contribution in [2.24, 2.45) is 5.92 Å². The fourth-order valence-electron chi connectivity index (χ4n) is 4.45. The van der Waals surface area contributed by atoms with Crippen LogP contribution in [0.1, 0.15) is 44.9 Å². The molecule has 3 rings (SSSR count). The molecule has 0 spiro atoms. The van der Waals surface area contributed by atoms with E-state index >= 15 is 0 Å². The highest BCUT2D eigenvalue weighted by atomic mass is 16.5. The Morgan fingerprint density at radius 3 is 2.36 bits per heavy atom. The summed E-state index contributed by atoms with van der Waals surface area (Å²) in [6, 6.07) is 0. The average Bonchev–Trinajstić information content (AvgIpc) is 3.10. The minimum atomic E-state index is -0.0405. The van der Waals surface area contributed by atoms with Crippen molar-refractivity contribution in [1.82, 2.24) is 10.2 Å². The maximum atomic E-state index is 12.6. The molecule has 0 radical (unpaired) electrons. The number of nitrogens with zero attached hydrogens (tertiary/aromatic N) is 1. The molecule has 1 heterocycles. The summed E-state index contributed by atoms with van der Waals surface area (Å²) in [6.07, 6.45) is 7.96. The third-order valence-corrected chi connectivity index (χ3v) is 5.95. The molecular formula is C17H26N2O3. The van der Waals surface area contributed by atoms with Gasteiger partial charge in [0.15, 0.2) is 0 Å². The van der Waals surface area contributed by atoms with E-state index in [1.807, 2.05) is 0 Å². The van der Waals surface area contributed by atoms with Gasteiger partial charge in [-0.1, -0.05) is 6.58 Å². The molecule has 0 aromatic rings.